The van der Waals surface area contributed by atoms with Crippen molar-refractivity contribution in [2.45, 2.75) is 27.7 Å². The number of anilines is 3. The number of carbonyl (C=O) groups excluding carboxylic acids is 2. The molecule has 27 heavy (non-hydrogen) atoms. The number of rotatable bonds is 7. The topological polar surface area (TPSA) is 52.7 Å². The zero-order valence-electron chi connectivity index (χ0n) is 16.3. The third-order valence-electron chi connectivity index (χ3n) is 4.42. The van der Waals surface area contributed by atoms with Gasteiger partial charge in [0.2, 0.25) is 11.8 Å². The highest BCUT2D eigenvalue weighted by Crippen LogP contribution is 2.25. The van der Waals surface area contributed by atoms with Crippen LogP contribution in [0.15, 0.2) is 42.5 Å². The van der Waals surface area contributed by atoms with E-state index in [9.17, 15) is 9.59 Å². The number of amides is 2. The second kappa shape index (κ2) is 9.42. The Balaban J connectivity index is 2.10. The molecule has 0 aliphatic rings. The molecule has 1 N–H and O–H groups in total. The average molecular weight is 388 g/mol. The van der Waals surface area contributed by atoms with Crippen molar-refractivity contribution in [2.24, 2.45) is 0 Å². The highest BCUT2D eigenvalue weighted by atomic mass is 35.5. The van der Waals surface area contributed by atoms with Crippen LogP contribution in [0.2, 0.25) is 5.02 Å². The van der Waals surface area contributed by atoms with Crippen LogP contribution in [0.5, 0.6) is 0 Å². The Kier molecular flexibility index (Phi) is 7.25. The Labute approximate surface area is 165 Å². The lowest BCUT2D eigenvalue weighted by Crippen LogP contribution is -2.37. The van der Waals surface area contributed by atoms with Gasteiger partial charge in [-0.15, -0.1) is 0 Å². The van der Waals surface area contributed by atoms with Crippen molar-refractivity contribution in [2.75, 3.05) is 34.8 Å². The largest absolute Gasteiger partial charge is 0.372 e. The molecule has 2 aromatic carbocycles. The summed E-state index contributed by atoms with van der Waals surface area (Å²) < 4.78 is 0. The summed E-state index contributed by atoms with van der Waals surface area (Å²) in [7, 11) is 0. The van der Waals surface area contributed by atoms with Gasteiger partial charge in [-0.05, 0) is 62.7 Å². The maximum atomic E-state index is 12.5. The third kappa shape index (κ3) is 5.47. The molecule has 2 amide bonds. The van der Waals surface area contributed by atoms with E-state index in [4.69, 9.17) is 11.6 Å². The van der Waals surface area contributed by atoms with Crippen LogP contribution in [0.3, 0.4) is 0 Å². The summed E-state index contributed by atoms with van der Waals surface area (Å²) in [5, 5.41) is 3.37. The minimum Gasteiger partial charge on any atom is -0.372 e. The van der Waals surface area contributed by atoms with Gasteiger partial charge in [-0.2, -0.15) is 0 Å². The zero-order chi connectivity index (χ0) is 20.0. The lowest BCUT2D eigenvalue weighted by atomic mass is 10.1. The Morgan fingerprint density at radius 2 is 1.67 bits per heavy atom. The summed E-state index contributed by atoms with van der Waals surface area (Å²) in [5.41, 5.74) is 3.33. The molecular weight excluding hydrogens is 362 g/mol. The predicted octanol–water partition coefficient (Wildman–Crippen LogP) is 4.49. The maximum absolute atomic E-state index is 12.5. The molecule has 0 aliphatic carbocycles. The summed E-state index contributed by atoms with van der Waals surface area (Å²) in [6, 6.07) is 13.0. The molecule has 0 saturated heterocycles. The lowest BCUT2D eigenvalue weighted by molar-refractivity contribution is -0.120. The van der Waals surface area contributed by atoms with Gasteiger partial charge < -0.3 is 15.1 Å². The SMILES string of the molecule is CCN(CC)c1ccc(NC(=O)CN(C(C)=O)c2cc(Cl)ccc2C)cc1. The average Bonchev–Trinajstić information content (AvgIpc) is 2.64. The van der Waals surface area contributed by atoms with Crippen molar-refractivity contribution in [1.82, 2.24) is 0 Å². The molecule has 0 aromatic heterocycles. The number of benzene rings is 2. The molecule has 6 heteroatoms. The van der Waals surface area contributed by atoms with Crippen LogP contribution in [-0.4, -0.2) is 31.4 Å². The van der Waals surface area contributed by atoms with Gasteiger partial charge in [0.05, 0.1) is 0 Å². The molecule has 0 saturated carbocycles. The molecule has 2 aromatic rings. The van der Waals surface area contributed by atoms with Crippen molar-refractivity contribution < 1.29 is 9.59 Å². The fraction of sp³-hybridized carbons (Fsp3) is 0.333. The fourth-order valence-electron chi connectivity index (χ4n) is 2.93. The van der Waals surface area contributed by atoms with Crippen LogP contribution in [-0.2, 0) is 9.59 Å². The van der Waals surface area contributed by atoms with E-state index in [1.165, 1.54) is 11.8 Å². The molecule has 0 spiro atoms. The molecule has 2 rings (SSSR count). The summed E-state index contributed by atoms with van der Waals surface area (Å²) in [4.78, 5) is 28.2. The Morgan fingerprint density at radius 1 is 1.04 bits per heavy atom. The van der Waals surface area contributed by atoms with Crippen LogP contribution in [0, 0.1) is 6.92 Å². The van der Waals surface area contributed by atoms with Crippen LogP contribution in [0.4, 0.5) is 17.1 Å². The molecule has 0 radical (unpaired) electrons. The molecule has 0 heterocycles. The van der Waals surface area contributed by atoms with Crippen molar-refractivity contribution >= 4 is 40.5 Å². The van der Waals surface area contributed by atoms with Crippen molar-refractivity contribution in [3.05, 3.63) is 53.1 Å². The number of nitrogens with one attached hydrogen (secondary N) is 1. The van der Waals surface area contributed by atoms with E-state index in [0.29, 0.717) is 16.4 Å². The first-order chi connectivity index (χ1) is 12.8. The molecular formula is C21H26ClN3O2. The van der Waals surface area contributed by atoms with Crippen molar-refractivity contribution in [1.29, 1.82) is 0 Å². The minimum absolute atomic E-state index is 0.0751. The van der Waals surface area contributed by atoms with Gasteiger partial charge >= 0.3 is 0 Å². The Hall–Kier alpha value is -2.53. The van der Waals surface area contributed by atoms with Crippen LogP contribution in [0.25, 0.3) is 0 Å². The highest BCUT2D eigenvalue weighted by molar-refractivity contribution is 6.31. The highest BCUT2D eigenvalue weighted by Gasteiger charge is 2.18. The Bertz CT molecular complexity index is 802. The van der Waals surface area contributed by atoms with E-state index in [0.717, 1.165) is 24.3 Å². The quantitative estimate of drug-likeness (QED) is 0.761. The van der Waals surface area contributed by atoms with Crippen molar-refractivity contribution in [3.8, 4) is 0 Å². The van der Waals surface area contributed by atoms with Gasteiger partial charge in [-0.1, -0.05) is 17.7 Å². The van der Waals surface area contributed by atoms with Gasteiger partial charge in [0.15, 0.2) is 0 Å². The van der Waals surface area contributed by atoms with Gasteiger partial charge in [0.25, 0.3) is 0 Å². The number of hydrogen-bond acceptors (Lipinski definition) is 3. The third-order valence-corrected chi connectivity index (χ3v) is 4.66. The maximum Gasteiger partial charge on any atom is 0.244 e. The standard InChI is InChI=1S/C21H26ClN3O2/c1-5-24(6-2)19-11-9-18(10-12-19)23-21(27)14-25(16(4)26)20-13-17(22)8-7-15(20)3/h7-13H,5-6,14H2,1-4H3,(H,23,27). The Morgan fingerprint density at radius 3 is 2.22 bits per heavy atom. The first-order valence-corrected chi connectivity index (χ1v) is 9.42. The van der Waals surface area contributed by atoms with E-state index in [1.807, 2.05) is 37.3 Å². The zero-order valence-corrected chi connectivity index (χ0v) is 17.0. The minimum atomic E-state index is -0.264. The fourth-order valence-corrected chi connectivity index (χ4v) is 3.09. The van der Waals surface area contributed by atoms with Gasteiger partial charge in [-0.3, -0.25) is 9.59 Å². The lowest BCUT2D eigenvalue weighted by Gasteiger charge is -2.23. The molecule has 0 fully saturated rings. The number of halogens is 1. The normalized spacial score (nSPS) is 10.4. The van der Waals surface area contributed by atoms with Crippen LogP contribution >= 0.6 is 11.6 Å². The summed E-state index contributed by atoms with van der Waals surface area (Å²) in [6.07, 6.45) is 0. The van der Waals surface area contributed by atoms with E-state index in [-0.39, 0.29) is 18.4 Å². The molecule has 0 atom stereocenters. The van der Waals surface area contributed by atoms with E-state index >= 15 is 0 Å². The number of carbonyl (C=O) groups is 2. The molecule has 0 aliphatic heterocycles. The van der Waals surface area contributed by atoms with Crippen molar-refractivity contribution in [3.63, 3.8) is 0 Å². The molecule has 144 valence electrons. The second-order valence-electron chi connectivity index (χ2n) is 6.30. The second-order valence-corrected chi connectivity index (χ2v) is 6.74. The van der Waals surface area contributed by atoms with Crippen LogP contribution < -0.4 is 15.1 Å². The predicted molar refractivity (Wildman–Crippen MR) is 113 cm³/mol. The van der Waals surface area contributed by atoms with Crippen LogP contribution in [0.1, 0.15) is 26.3 Å². The number of aryl methyl sites for hydroxylation is 1. The molecule has 0 unspecified atom stereocenters. The van der Waals surface area contributed by atoms with Gasteiger partial charge in [-0.25, -0.2) is 0 Å². The van der Waals surface area contributed by atoms with Gasteiger partial charge in [0, 0.05) is 42.1 Å². The molecule has 0 bridgehead atoms. The molecule has 5 nitrogen and oxygen atoms in total. The summed E-state index contributed by atoms with van der Waals surface area (Å²) >= 11 is 6.05. The monoisotopic (exact) mass is 387 g/mol. The first-order valence-electron chi connectivity index (χ1n) is 9.04. The smallest absolute Gasteiger partial charge is 0.244 e. The summed E-state index contributed by atoms with van der Waals surface area (Å²) in [5.74, 6) is -0.479. The van der Waals surface area contributed by atoms with E-state index < -0.39 is 0 Å². The van der Waals surface area contributed by atoms with E-state index in [2.05, 4.69) is 24.1 Å². The first kappa shape index (κ1) is 20.8. The summed E-state index contributed by atoms with van der Waals surface area (Å²) in [6.45, 7) is 9.30. The van der Waals surface area contributed by atoms with Gasteiger partial charge in [0.1, 0.15) is 6.54 Å². The number of hydrogen-bond donors (Lipinski definition) is 1. The number of nitrogens with zero attached hydrogens (tertiary/aromatic N) is 2. The van der Waals surface area contributed by atoms with E-state index in [1.54, 1.807) is 12.1 Å².